The molecule has 1 saturated heterocycles. The van der Waals surface area contributed by atoms with Gasteiger partial charge in [0.05, 0.1) is 13.2 Å². The summed E-state index contributed by atoms with van der Waals surface area (Å²) in [4.78, 5) is 13.8. The smallest absolute Gasteiger partial charge is 0.321 e. The number of rotatable bonds is 4. The summed E-state index contributed by atoms with van der Waals surface area (Å²) in [6, 6.07) is 5.85. The van der Waals surface area contributed by atoms with Crippen LogP contribution in [-0.2, 0) is 9.47 Å². The van der Waals surface area contributed by atoms with Crippen molar-refractivity contribution in [2.45, 2.75) is 26.6 Å². The molecule has 0 aliphatic carbocycles. The molecule has 0 unspecified atom stereocenters. The number of nitrogens with zero attached hydrogens (tertiary/aromatic N) is 1. The predicted molar refractivity (Wildman–Crippen MR) is 77.9 cm³/mol. The van der Waals surface area contributed by atoms with Crippen molar-refractivity contribution >= 4 is 11.7 Å². The van der Waals surface area contributed by atoms with Crippen LogP contribution in [0.25, 0.3) is 0 Å². The van der Waals surface area contributed by atoms with Crippen molar-refractivity contribution in [2.24, 2.45) is 0 Å². The first-order valence-electron chi connectivity index (χ1n) is 6.89. The average molecular weight is 278 g/mol. The maximum Gasteiger partial charge on any atom is 0.321 e. The summed E-state index contributed by atoms with van der Waals surface area (Å²) in [6.45, 7) is 5.86. The quantitative estimate of drug-likeness (QED) is 0.920. The van der Waals surface area contributed by atoms with Gasteiger partial charge in [-0.25, -0.2) is 4.79 Å². The van der Waals surface area contributed by atoms with Crippen LogP contribution in [0.3, 0.4) is 0 Å². The predicted octanol–water partition coefficient (Wildman–Crippen LogP) is 2.53. The van der Waals surface area contributed by atoms with Crippen LogP contribution in [0.5, 0.6) is 0 Å². The molecule has 0 spiro atoms. The Hall–Kier alpha value is -1.59. The highest BCUT2D eigenvalue weighted by Gasteiger charge is 2.18. The Morgan fingerprint density at radius 3 is 2.50 bits per heavy atom. The van der Waals surface area contributed by atoms with Crippen LogP contribution in [0.2, 0.25) is 0 Å². The molecule has 1 aromatic rings. The van der Waals surface area contributed by atoms with E-state index in [1.807, 2.05) is 32.0 Å². The van der Waals surface area contributed by atoms with E-state index in [-0.39, 0.29) is 12.3 Å². The minimum absolute atomic E-state index is 0.111. The summed E-state index contributed by atoms with van der Waals surface area (Å²) in [6.07, 6.45) is 0.516. The highest BCUT2D eigenvalue weighted by atomic mass is 16.7. The molecule has 1 aromatic carbocycles. The molecule has 1 aliphatic rings. The largest absolute Gasteiger partial charge is 0.350 e. The number of hydrogen-bond acceptors (Lipinski definition) is 3. The van der Waals surface area contributed by atoms with E-state index in [1.54, 1.807) is 11.9 Å². The molecule has 110 valence electrons. The Bertz CT molecular complexity index is 450. The van der Waals surface area contributed by atoms with E-state index in [1.165, 1.54) is 0 Å². The summed E-state index contributed by atoms with van der Waals surface area (Å²) < 4.78 is 10.7. The number of benzene rings is 1. The van der Waals surface area contributed by atoms with E-state index < -0.39 is 0 Å². The number of nitrogens with one attached hydrogen (secondary N) is 1. The van der Waals surface area contributed by atoms with Gasteiger partial charge >= 0.3 is 6.03 Å². The van der Waals surface area contributed by atoms with Crippen molar-refractivity contribution in [1.29, 1.82) is 0 Å². The lowest BCUT2D eigenvalue weighted by molar-refractivity contribution is -0.0488. The van der Waals surface area contributed by atoms with Crippen molar-refractivity contribution in [3.05, 3.63) is 29.3 Å². The minimum atomic E-state index is -0.176. The monoisotopic (exact) mass is 278 g/mol. The number of amides is 2. The molecule has 1 N–H and O–H groups in total. The topological polar surface area (TPSA) is 50.8 Å². The van der Waals surface area contributed by atoms with Crippen molar-refractivity contribution in [3.8, 4) is 0 Å². The van der Waals surface area contributed by atoms with Crippen LogP contribution in [0.4, 0.5) is 10.5 Å². The van der Waals surface area contributed by atoms with Gasteiger partial charge in [-0.15, -0.1) is 0 Å². The molecule has 2 amide bonds. The fraction of sp³-hybridized carbons (Fsp3) is 0.533. The van der Waals surface area contributed by atoms with Crippen molar-refractivity contribution in [1.82, 2.24) is 4.90 Å². The maximum absolute atomic E-state index is 12.2. The van der Waals surface area contributed by atoms with Crippen LogP contribution in [0, 0.1) is 13.8 Å². The lowest BCUT2D eigenvalue weighted by Gasteiger charge is -2.21. The third-order valence-corrected chi connectivity index (χ3v) is 3.45. The number of aryl methyl sites for hydroxylation is 2. The van der Waals surface area contributed by atoms with E-state index >= 15 is 0 Å². The van der Waals surface area contributed by atoms with Gasteiger partial charge in [0.25, 0.3) is 0 Å². The lowest BCUT2D eigenvalue weighted by Crippen LogP contribution is -2.34. The number of ether oxygens (including phenoxy) is 2. The third-order valence-electron chi connectivity index (χ3n) is 3.45. The lowest BCUT2D eigenvalue weighted by atomic mass is 10.1. The molecule has 0 saturated carbocycles. The highest BCUT2D eigenvalue weighted by molar-refractivity contribution is 5.90. The van der Waals surface area contributed by atoms with E-state index in [2.05, 4.69) is 5.32 Å². The van der Waals surface area contributed by atoms with Gasteiger partial charge in [0.15, 0.2) is 6.29 Å². The Labute approximate surface area is 119 Å². The summed E-state index contributed by atoms with van der Waals surface area (Å²) >= 11 is 0. The summed E-state index contributed by atoms with van der Waals surface area (Å²) in [5, 5.41) is 2.96. The van der Waals surface area contributed by atoms with Gasteiger partial charge in [-0.05, 0) is 25.0 Å². The van der Waals surface area contributed by atoms with Crippen LogP contribution >= 0.6 is 0 Å². The first-order valence-corrected chi connectivity index (χ1v) is 6.89. The Kier molecular flexibility index (Phi) is 4.98. The van der Waals surface area contributed by atoms with Gasteiger partial charge in [-0.2, -0.15) is 0 Å². The molecule has 1 fully saturated rings. The highest BCUT2D eigenvalue weighted by Crippen LogP contribution is 2.19. The fourth-order valence-electron chi connectivity index (χ4n) is 2.19. The third kappa shape index (κ3) is 3.71. The molecule has 0 bridgehead atoms. The second-order valence-electron chi connectivity index (χ2n) is 5.08. The Morgan fingerprint density at radius 1 is 1.30 bits per heavy atom. The number of carbonyl (C=O) groups excluding carboxylic acids is 1. The zero-order valence-electron chi connectivity index (χ0n) is 12.3. The standard InChI is InChI=1S/C15H22N2O3/c1-11-5-4-6-12(2)14(11)16-15(18)17(3)8-7-13-19-9-10-20-13/h4-6,13H,7-10H2,1-3H3,(H,16,18). The molecule has 1 heterocycles. The SMILES string of the molecule is Cc1cccc(C)c1NC(=O)N(C)CCC1OCCO1. The van der Waals surface area contributed by atoms with E-state index in [4.69, 9.17) is 9.47 Å². The number of para-hydroxylation sites is 1. The van der Waals surface area contributed by atoms with E-state index in [0.29, 0.717) is 26.2 Å². The van der Waals surface area contributed by atoms with Crippen LogP contribution in [0.15, 0.2) is 18.2 Å². The second kappa shape index (κ2) is 6.72. The first kappa shape index (κ1) is 14.8. The Morgan fingerprint density at radius 2 is 1.90 bits per heavy atom. The fourth-order valence-corrected chi connectivity index (χ4v) is 2.19. The van der Waals surface area contributed by atoms with Gasteiger partial charge < -0.3 is 19.7 Å². The van der Waals surface area contributed by atoms with Gasteiger partial charge in [0, 0.05) is 25.7 Å². The molecule has 20 heavy (non-hydrogen) atoms. The molecule has 2 rings (SSSR count). The molecule has 0 aromatic heterocycles. The van der Waals surface area contributed by atoms with Gasteiger partial charge in [0.1, 0.15) is 0 Å². The summed E-state index contributed by atoms with van der Waals surface area (Å²) in [5.41, 5.74) is 3.01. The zero-order chi connectivity index (χ0) is 14.5. The molecule has 5 nitrogen and oxygen atoms in total. The van der Waals surface area contributed by atoms with Crippen molar-refractivity contribution in [3.63, 3.8) is 0 Å². The number of carbonyl (C=O) groups is 1. The zero-order valence-corrected chi connectivity index (χ0v) is 12.3. The van der Waals surface area contributed by atoms with E-state index in [9.17, 15) is 4.79 Å². The van der Waals surface area contributed by atoms with E-state index in [0.717, 1.165) is 16.8 Å². The van der Waals surface area contributed by atoms with Crippen LogP contribution < -0.4 is 5.32 Å². The van der Waals surface area contributed by atoms with Crippen LogP contribution in [-0.4, -0.2) is 44.0 Å². The molecule has 1 aliphatic heterocycles. The number of anilines is 1. The average Bonchev–Trinajstić information content (AvgIpc) is 2.93. The molecule has 0 radical (unpaired) electrons. The minimum Gasteiger partial charge on any atom is -0.350 e. The molecule has 5 heteroatoms. The molecule has 0 atom stereocenters. The number of hydrogen-bond donors (Lipinski definition) is 1. The van der Waals surface area contributed by atoms with Crippen molar-refractivity contribution in [2.75, 3.05) is 32.1 Å². The van der Waals surface area contributed by atoms with Gasteiger partial charge in [-0.3, -0.25) is 0 Å². The number of urea groups is 1. The molecular weight excluding hydrogens is 256 g/mol. The normalized spacial score (nSPS) is 15.3. The maximum atomic E-state index is 12.2. The van der Waals surface area contributed by atoms with Gasteiger partial charge in [-0.1, -0.05) is 18.2 Å². The Balaban J connectivity index is 1.87. The van der Waals surface area contributed by atoms with Crippen LogP contribution in [0.1, 0.15) is 17.5 Å². The molecular formula is C15H22N2O3. The second-order valence-corrected chi connectivity index (χ2v) is 5.08. The summed E-state index contributed by atoms with van der Waals surface area (Å²) in [5.74, 6) is 0. The first-order chi connectivity index (χ1) is 9.58. The van der Waals surface area contributed by atoms with Gasteiger partial charge in [0.2, 0.25) is 0 Å². The summed E-state index contributed by atoms with van der Waals surface area (Å²) in [7, 11) is 1.78. The van der Waals surface area contributed by atoms with Crippen molar-refractivity contribution < 1.29 is 14.3 Å².